The normalized spacial score (nSPS) is 22.5. The van der Waals surface area contributed by atoms with Gasteiger partial charge in [-0.3, -0.25) is 0 Å². The summed E-state index contributed by atoms with van der Waals surface area (Å²) in [6.07, 6.45) is 4.85. The lowest BCUT2D eigenvalue weighted by atomic mass is 9.82. The minimum atomic E-state index is -1.30. The van der Waals surface area contributed by atoms with E-state index in [9.17, 15) is 9.18 Å². The van der Waals surface area contributed by atoms with Crippen LogP contribution in [-0.4, -0.2) is 17.6 Å². The summed E-state index contributed by atoms with van der Waals surface area (Å²) in [4.78, 5) is 10.8. The summed E-state index contributed by atoms with van der Waals surface area (Å²) in [5, 5.41) is 12.0. The number of hydrogen-bond donors (Lipinski definition) is 3. The Bertz CT molecular complexity index is 505. The summed E-state index contributed by atoms with van der Waals surface area (Å²) in [5.74, 6) is -0.757. The Hall–Kier alpha value is -1.78. The fourth-order valence-corrected chi connectivity index (χ4v) is 2.91. The Labute approximate surface area is 118 Å². The first-order chi connectivity index (χ1) is 9.47. The van der Waals surface area contributed by atoms with Crippen LogP contribution in [-0.2, 0) is 0 Å². The summed E-state index contributed by atoms with van der Waals surface area (Å²) in [7, 11) is 0. The number of anilines is 2. The molecular formula is C15H21FN2O2. The largest absolute Gasteiger partial charge is 0.478 e. The number of nitrogen functional groups attached to an aromatic ring is 1. The quantitative estimate of drug-likeness (QED) is 0.739. The second kappa shape index (κ2) is 6.11. The fraction of sp³-hybridized carbons (Fsp3) is 0.533. The first-order valence-corrected chi connectivity index (χ1v) is 7.03. The van der Waals surface area contributed by atoms with E-state index in [1.54, 1.807) is 0 Å². The van der Waals surface area contributed by atoms with Crippen LogP contribution >= 0.6 is 0 Å². The van der Waals surface area contributed by atoms with Crippen LogP contribution in [0.4, 0.5) is 15.8 Å². The summed E-state index contributed by atoms with van der Waals surface area (Å²) >= 11 is 0. The molecule has 0 amide bonds. The molecule has 5 heteroatoms. The van der Waals surface area contributed by atoms with E-state index in [0.29, 0.717) is 11.6 Å². The molecule has 1 aliphatic rings. The van der Waals surface area contributed by atoms with Crippen LogP contribution in [0.2, 0.25) is 0 Å². The molecule has 0 saturated heterocycles. The Balaban J connectivity index is 2.02. The highest BCUT2D eigenvalue weighted by molar-refractivity contribution is 5.90. The molecule has 0 spiro atoms. The summed E-state index contributed by atoms with van der Waals surface area (Å²) in [6, 6.07) is 2.34. The lowest BCUT2D eigenvalue weighted by molar-refractivity contribution is 0.0692. The minimum absolute atomic E-state index is 0.271. The molecule has 0 aromatic heterocycles. The smallest absolute Gasteiger partial charge is 0.338 e. The van der Waals surface area contributed by atoms with Gasteiger partial charge in [-0.15, -0.1) is 0 Å². The maximum atomic E-state index is 13.6. The van der Waals surface area contributed by atoms with Gasteiger partial charge in [-0.2, -0.15) is 0 Å². The van der Waals surface area contributed by atoms with Crippen molar-refractivity contribution in [3.8, 4) is 0 Å². The predicted molar refractivity (Wildman–Crippen MR) is 77.4 cm³/mol. The summed E-state index contributed by atoms with van der Waals surface area (Å²) in [6.45, 7) is 3.00. The van der Waals surface area contributed by atoms with Gasteiger partial charge in [0.15, 0.2) is 0 Å². The lowest BCUT2D eigenvalue weighted by Gasteiger charge is -2.27. The van der Waals surface area contributed by atoms with Crippen LogP contribution in [0.3, 0.4) is 0 Å². The van der Waals surface area contributed by atoms with Gasteiger partial charge in [0.1, 0.15) is 5.82 Å². The molecule has 110 valence electrons. The van der Waals surface area contributed by atoms with Gasteiger partial charge in [-0.05, 0) is 36.8 Å². The zero-order valence-electron chi connectivity index (χ0n) is 11.7. The molecule has 0 radical (unpaired) electrons. The molecule has 0 aliphatic heterocycles. The molecule has 1 aliphatic carbocycles. The standard InChI is InChI=1S/C15H21FN2O2/c1-9-3-2-4-10(5-9)8-18-14-7-12(16)11(15(19)20)6-13(14)17/h6-7,9-10,18H,2-5,8,17H2,1H3,(H,19,20). The molecule has 1 aromatic carbocycles. The molecule has 4 nitrogen and oxygen atoms in total. The molecule has 2 unspecified atom stereocenters. The van der Waals surface area contributed by atoms with E-state index in [1.165, 1.54) is 37.8 Å². The third-order valence-corrected chi connectivity index (χ3v) is 4.00. The maximum Gasteiger partial charge on any atom is 0.338 e. The van der Waals surface area contributed by atoms with Crippen molar-refractivity contribution < 1.29 is 14.3 Å². The zero-order valence-corrected chi connectivity index (χ0v) is 11.7. The maximum absolute atomic E-state index is 13.6. The van der Waals surface area contributed by atoms with Crippen LogP contribution < -0.4 is 11.1 Å². The Morgan fingerprint density at radius 2 is 2.25 bits per heavy atom. The van der Waals surface area contributed by atoms with E-state index in [-0.39, 0.29) is 11.3 Å². The Morgan fingerprint density at radius 1 is 1.50 bits per heavy atom. The first-order valence-electron chi connectivity index (χ1n) is 7.03. The topological polar surface area (TPSA) is 75.3 Å². The van der Waals surface area contributed by atoms with Crippen molar-refractivity contribution in [2.24, 2.45) is 11.8 Å². The number of benzene rings is 1. The second-order valence-corrected chi connectivity index (χ2v) is 5.74. The van der Waals surface area contributed by atoms with Crippen molar-refractivity contribution in [2.75, 3.05) is 17.6 Å². The molecule has 0 bridgehead atoms. The predicted octanol–water partition coefficient (Wildman–Crippen LogP) is 3.34. The molecule has 1 saturated carbocycles. The Kier molecular flexibility index (Phi) is 4.47. The molecule has 0 heterocycles. The number of halogens is 1. The van der Waals surface area contributed by atoms with Crippen molar-refractivity contribution in [2.45, 2.75) is 32.6 Å². The van der Waals surface area contributed by atoms with Crippen LogP contribution in [0.1, 0.15) is 43.0 Å². The van der Waals surface area contributed by atoms with E-state index in [4.69, 9.17) is 10.8 Å². The number of carboxylic acid groups (broad SMARTS) is 1. The minimum Gasteiger partial charge on any atom is -0.478 e. The van der Waals surface area contributed by atoms with Crippen molar-refractivity contribution in [3.05, 3.63) is 23.5 Å². The molecule has 1 fully saturated rings. The van der Waals surface area contributed by atoms with Crippen molar-refractivity contribution in [1.82, 2.24) is 0 Å². The lowest BCUT2D eigenvalue weighted by Crippen LogP contribution is -2.21. The number of carboxylic acids is 1. The van der Waals surface area contributed by atoms with Crippen LogP contribution in [0.15, 0.2) is 12.1 Å². The van der Waals surface area contributed by atoms with Crippen LogP contribution in [0, 0.1) is 17.7 Å². The van der Waals surface area contributed by atoms with E-state index < -0.39 is 11.8 Å². The number of hydrogen-bond acceptors (Lipinski definition) is 3. The van der Waals surface area contributed by atoms with Gasteiger partial charge in [-0.25, -0.2) is 9.18 Å². The highest BCUT2D eigenvalue weighted by Gasteiger charge is 2.19. The van der Waals surface area contributed by atoms with Gasteiger partial charge < -0.3 is 16.2 Å². The van der Waals surface area contributed by atoms with Crippen LogP contribution in [0.5, 0.6) is 0 Å². The number of rotatable bonds is 4. The SMILES string of the molecule is CC1CCCC(CNc2cc(F)c(C(=O)O)cc2N)C1. The van der Waals surface area contributed by atoms with Crippen LogP contribution in [0.25, 0.3) is 0 Å². The second-order valence-electron chi connectivity index (χ2n) is 5.74. The number of aromatic carboxylic acids is 1. The number of nitrogens with two attached hydrogens (primary N) is 1. The van der Waals surface area contributed by atoms with Gasteiger partial charge in [0.05, 0.1) is 16.9 Å². The van der Waals surface area contributed by atoms with Gasteiger partial charge in [-0.1, -0.05) is 19.8 Å². The summed E-state index contributed by atoms with van der Waals surface area (Å²) in [5.41, 5.74) is 6.14. The zero-order chi connectivity index (χ0) is 14.7. The monoisotopic (exact) mass is 280 g/mol. The highest BCUT2D eigenvalue weighted by Crippen LogP contribution is 2.30. The van der Waals surface area contributed by atoms with E-state index in [2.05, 4.69) is 12.2 Å². The molecule has 20 heavy (non-hydrogen) atoms. The molecule has 1 aromatic rings. The highest BCUT2D eigenvalue weighted by atomic mass is 19.1. The van der Waals surface area contributed by atoms with E-state index in [0.717, 1.165) is 12.5 Å². The van der Waals surface area contributed by atoms with Crippen molar-refractivity contribution in [1.29, 1.82) is 0 Å². The van der Waals surface area contributed by atoms with Gasteiger partial charge in [0, 0.05) is 6.54 Å². The molecule has 4 N–H and O–H groups in total. The third-order valence-electron chi connectivity index (χ3n) is 4.00. The average Bonchev–Trinajstić information content (AvgIpc) is 2.39. The van der Waals surface area contributed by atoms with Gasteiger partial charge >= 0.3 is 5.97 Å². The van der Waals surface area contributed by atoms with Gasteiger partial charge in [0.25, 0.3) is 0 Å². The molecule has 2 atom stereocenters. The van der Waals surface area contributed by atoms with E-state index >= 15 is 0 Å². The fourth-order valence-electron chi connectivity index (χ4n) is 2.91. The number of carbonyl (C=O) groups is 1. The number of nitrogens with one attached hydrogen (secondary N) is 1. The summed E-state index contributed by atoms with van der Waals surface area (Å²) < 4.78 is 13.6. The van der Waals surface area contributed by atoms with Crippen molar-refractivity contribution >= 4 is 17.3 Å². The Morgan fingerprint density at radius 3 is 2.90 bits per heavy atom. The third kappa shape index (κ3) is 3.40. The molecule has 2 rings (SSSR count). The van der Waals surface area contributed by atoms with Crippen molar-refractivity contribution in [3.63, 3.8) is 0 Å². The van der Waals surface area contributed by atoms with Gasteiger partial charge in [0.2, 0.25) is 0 Å². The average molecular weight is 280 g/mol. The first kappa shape index (κ1) is 14.6. The molecular weight excluding hydrogens is 259 g/mol. The van der Waals surface area contributed by atoms with E-state index in [1.807, 2.05) is 0 Å².